The largest absolute Gasteiger partial charge is 0.506 e. The number of aliphatic imine (C=N–C) groups is 1. The summed E-state index contributed by atoms with van der Waals surface area (Å²) in [5.74, 6) is 1.55. The quantitative estimate of drug-likeness (QED) is 0.738. The molecule has 3 nitrogen and oxygen atoms in total. The summed E-state index contributed by atoms with van der Waals surface area (Å²) in [4.78, 5) is 4.57. The van der Waals surface area contributed by atoms with E-state index in [0.29, 0.717) is 16.9 Å². The minimum atomic E-state index is 0.253. The molecule has 2 aliphatic rings. The molecule has 0 spiro atoms. The van der Waals surface area contributed by atoms with Crippen LogP contribution in [0.4, 0.5) is 0 Å². The molecular weight excluding hydrogens is 366 g/mol. The second kappa shape index (κ2) is 6.60. The zero-order valence-corrected chi connectivity index (χ0v) is 15.0. The van der Waals surface area contributed by atoms with Gasteiger partial charge in [-0.15, -0.1) is 0 Å². The first kappa shape index (κ1) is 15.7. The Labute approximate surface area is 150 Å². The van der Waals surface area contributed by atoms with Gasteiger partial charge in [-0.3, -0.25) is 4.99 Å². The fourth-order valence-corrected chi connectivity index (χ4v) is 4.24. The SMILES string of the molecule is Oc1c(Br)cc2c(c1C=NCc1ccccc1)[C@H]1CCCC[C@@H]1O2. The van der Waals surface area contributed by atoms with Crippen molar-refractivity contribution < 1.29 is 9.84 Å². The van der Waals surface area contributed by atoms with Crippen LogP contribution in [0.5, 0.6) is 11.5 Å². The molecule has 0 aromatic heterocycles. The van der Waals surface area contributed by atoms with Gasteiger partial charge in [-0.05, 0) is 46.8 Å². The molecule has 1 aliphatic heterocycles. The van der Waals surface area contributed by atoms with E-state index in [1.54, 1.807) is 0 Å². The van der Waals surface area contributed by atoms with Gasteiger partial charge >= 0.3 is 0 Å². The number of hydrogen-bond acceptors (Lipinski definition) is 3. The van der Waals surface area contributed by atoms with E-state index in [0.717, 1.165) is 35.3 Å². The molecule has 124 valence electrons. The van der Waals surface area contributed by atoms with Gasteiger partial charge in [0.05, 0.1) is 11.0 Å². The average Bonchev–Trinajstić information content (AvgIpc) is 2.97. The minimum Gasteiger partial charge on any atom is -0.506 e. The lowest BCUT2D eigenvalue weighted by Crippen LogP contribution is -2.22. The Bertz CT molecular complexity index is 773. The van der Waals surface area contributed by atoms with Crippen molar-refractivity contribution in [3.63, 3.8) is 0 Å². The van der Waals surface area contributed by atoms with Crippen LogP contribution in [0.2, 0.25) is 0 Å². The number of ether oxygens (including phenoxy) is 1. The number of phenolic OH excluding ortho intramolecular Hbond substituents is 1. The van der Waals surface area contributed by atoms with Crippen molar-refractivity contribution in [2.24, 2.45) is 4.99 Å². The maximum atomic E-state index is 10.6. The highest BCUT2D eigenvalue weighted by Gasteiger charge is 2.39. The maximum absolute atomic E-state index is 10.6. The van der Waals surface area contributed by atoms with Gasteiger partial charge in [0.1, 0.15) is 17.6 Å². The third kappa shape index (κ3) is 2.84. The molecular formula is C20H20BrNO2. The fourth-order valence-electron chi connectivity index (χ4n) is 3.82. The third-order valence-electron chi connectivity index (χ3n) is 4.98. The normalized spacial score (nSPS) is 22.2. The van der Waals surface area contributed by atoms with E-state index in [9.17, 15) is 5.11 Å². The van der Waals surface area contributed by atoms with Crippen LogP contribution in [0.25, 0.3) is 0 Å². The van der Waals surface area contributed by atoms with E-state index in [1.165, 1.54) is 12.8 Å². The standard InChI is InChI=1S/C20H20BrNO2/c21-16-10-18-19(14-8-4-5-9-17(14)24-18)15(20(16)23)12-22-11-13-6-2-1-3-7-13/h1-3,6-7,10,12,14,17,23H,4-5,8-9,11H2/t14-,17-/m0/s1. The summed E-state index contributed by atoms with van der Waals surface area (Å²) < 4.78 is 6.82. The number of halogens is 1. The second-order valence-electron chi connectivity index (χ2n) is 6.54. The summed E-state index contributed by atoms with van der Waals surface area (Å²) >= 11 is 3.44. The van der Waals surface area contributed by atoms with Gasteiger partial charge < -0.3 is 9.84 Å². The number of hydrogen-bond donors (Lipinski definition) is 1. The molecule has 2 atom stereocenters. The zero-order valence-electron chi connectivity index (χ0n) is 13.4. The number of fused-ring (bicyclic) bond motifs is 3. The van der Waals surface area contributed by atoms with Gasteiger partial charge in [-0.1, -0.05) is 36.8 Å². The molecule has 4 heteroatoms. The van der Waals surface area contributed by atoms with Crippen molar-refractivity contribution in [1.82, 2.24) is 0 Å². The fraction of sp³-hybridized carbons (Fsp3) is 0.350. The number of aromatic hydroxyl groups is 1. The van der Waals surface area contributed by atoms with Crippen LogP contribution in [0.1, 0.15) is 48.3 Å². The van der Waals surface area contributed by atoms with Crippen LogP contribution >= 0.6 is 15.9 Å². The predicted molar refractivity (Wildman–Crippen MR) is 99.2 cm³/mol. The number of phenols is 1. The molecule has 0 radical (unpaired) electrons. The molecule has 1 N–H and O–H groups in total. The van der Waals surface area contributed by atoms with Gasteiger partial charge in [0, 0.05) is 23.3 Å². The summed E-state index contributed by atoms with van der Waals surface area (Å²) in [6.07, 6.45) is 6.73. The average molecular weight is 386 g/mol. The first-order valence-corrected chi connectivity index (χ1v) is 9.29. The lowest BCUT2D eigenvalue weighted by molar-refractivity contribution is 0.164. The summed E-state index contributed by atoms with van der Waals surface area (Å²) in [5.41, 5.74) is 3.11. The highest BCUT2D eigenvalue weighted by molar-refractivity contribution is 9.10. The summed E-state index contributed by atoms with van der Waals surface area (Å²) in [5, 5.41) is 10.6. The molecule has 0 unspecified atom stereocenters. The minimum absolute atomic E-state index is 0.253. The van der Waals surface area contributed by atoms with E-state index in [2.05, 4.69) is 33.1 Å². The first-order valence-electron chi connectivity index (χ1n) is 8.50. The molecule has 0 amide bonds. The molecule has 1 heterocycles. The van der Waals surface area contributed by atoms with Gasteiger partial charge in [0.25, 0.3) is 0 Å². The molecule has 24 heavy (non-hydrogen) atoms. The third-order valence-corrected chi connectivity index (χ3v) is 5.59. The van der Waals surface area contributed by atoms with E-state index >= 15 is 0 Å². The van der Waals surface area contributed by atoms with Crippen molar-refractivity contribution in [2.75, 3.05) is 0 Å². The summed E-state index contributed by atoms with van der Waals surface area (Å²) in [7, 11) is 0. The molecule has 1 fully saturated rings. The van der Waals surface area contributed by atoms with Crippen LogP contribution < -0.4 is 4.74 Å². The van der Waals surface area contributed by atoms with Gasteiger partial charge in [0.15, 0.2) is 0 Å². The van der Waals surface area contributed by atoms with Crippen LogP contribution in [-0.2, 0) is 6.54 Å². The van der Waals surface area contributed by atoms with E-state index in [-0.39, 0.29) is 11.9 Å². The Morgan fingerprint density at radius 2 is 2.00 bits per heavy atom. The molecule has 1 saturated carbocycles. The number of benzene rings is 2. The summed E-state index contributed by atoms with van der Waals surface area (Å²) in [6.45, 7) is 0.608. The smallest absolute Gasteiger partial charge is 0.139 e. The van der Waals surface area contributed by atoms with E-state index < -0.39 is 0 Å². The predicted octanol–water partition coefficient (Wildman–Crippen LogP) is 5.19. The molecule has 1 aliphatic carbocycles. The molecule has 0 saturated heterocycles. The molecule has 2 aromatic carbocycles. The lowest BCUT2D eigenvalue weighted by Gasteiger charge is -2.24. The van der Waals surface area contributed by atoms with Crippen LogP contribution in [0, 0.1) is 0 Å². The zero-order chi connectivity index (χ0) is 16.5. The van der Waals surface area contributed by atoms with Gasteiger partial charge in [-0.2, -0.15) is 0 Å². The van der Waals surface area contributed by atoms with Crippen molar-refractivity contribution in [3.05, 3.63) is 57.6 Å². The Hall–Kier alpha value is -1.81. The maximum Gasteiger partial charge on any atom is 0.139 e. The second-order valence-corrected chi connectivity index (χ2v) is 7.39. The molecule has 2 aromatic rings. The summed E-state index contributed by atoms with van der Waals surface area (Å²) in [6, 6.07) is 12.0. The van der Waals surface area contributed by atoms with Crippen molar-refractivity contribution in [1.29, 1.82) is 0 Å². The van der Waals surface area contributed by atoms with Gasteiger partial charge in [0.2, 0.25) is 0 Å². The van der Waals surface area contributed by atoms with Crippen LogP contribution in [0.15, 0.2) is 45.9 Å². The lowest BCUT2D eigenvalue weighted by atomic mass is 9.81. The van der Waals surface area contributed by atoms with Gasteiger partial charge in [-0.25, -0.2) is 0 Å². The highest BCUT2D eigenvalue weighted by atomic mass is 79.9. The Morgan fingerprint density at radius 1 is 1.21 bits per heavy atom. The van der Waals surface area contributed by atoms with Crippen molar-refractivity contribution in [2.45, 2.75) is 44.2 Å². The Morgan fingerprint density at radius 3 is 2.83 bits per heavy atom. The first-order chi connectivity index (χ1) is 11.7. The van der Waals surface area contributed by atoms with Crippen molar-refractivity contribution in [3.8, 4) is 11.5 Å². The van der Waals surface area contributed by atoms with E-state index in [1.807, 2.05) is 30.5 Å². The van der Waals surface area contributed by atoms with Crippen LogP contribution in [0.3, 0.4) is 0 Å². The molecule has 4 rings (SSSR count). The van der Waals surface area contributed by atoms with Crippen molar-refractivity contribution >= 4 is 22.1 Å². The Kier molecular flexibility index (Phi) is 4.31. The van der Waals surface area contributed by atoms with E-state index in [4.69, 9.17) is 4.74 Å². The Balaban J connectivity index is 1.68. The number of rotatable bonds is 3. The molecule has 0 bridgehead atoms. The monoisotopic (exact) mass is 385 g/mol. The van der Waals surface area contributed by atoms with Crippen LogP contribution in [-0.4, -0.2) is 17.4 Å². The number of nitrogens with zero attached hydrogens (tertiary/aromatic N) is 1. The topological polar surface area (TPSA) is 41.8 Å². The highest BCUT2D eigenvalue weighted by Crippen LogP contribution is 2.50.